The van der Waals surface area contributed by atoms with Gasteiger partial charge in [-0.2, -0.15) is 0 Å². The minimum Gasteiger partial charge on any atom is -0.380 e. The molecule has 0 atom stereocenters. The van der Waals surface area contributed by atoms with E-state index in [0.29, 0.717) is 39.1 Å². The average Bonchev–Trinajstić information content (AvgIpc) is 3.18. The summed E-state index contributed by atoms with van der Waals surface area (Å²) >= 11 is 0. The molecule has 0 aromatic heterocycles. The van der Waals surface area contributed by atoms with Crippen LogP contribution in [-0.4, -0.2) is 50.3 Å². The molecular formula is C51H100N2O4. The van der Waals surface area contributed by atoms with E-state index in [1.807, 2.05) is 26.8 Å². The lowest BCUT2D eigenvalue weighted by molar-refractivity contribution is -0.122. The summed E-state index contributed by atoms with van der Waals surface area (Å²) in [6, 6.07) is 0. The number of unbranched alkanes of at least 4 members (excludes halogenated alkanes) is 33. The van der Waals surface area contributed by atoms with Crippen LogP contribution in [0, 0.1) is 0 Å². The molecule has 0 radical (unpaired) electrons. The van der Waals surface area contributed by atoms with Gasteiger partial charge in [0, 0.05) is 32.5 Å². The zero-order valence-corrected chi connectivity index (χ0v) is 39.0. The van der Waals surface area contributed by atoms with Gasteiger partial charge < -0.3 is 20.1 Å². The third-order valence-electron chi connectivity index (χ3n) is 11.2. The lowest BCUT2D eigenvalue weighted by Crippen LogP contribution is -2.30. The van der Waals surface area contributed by atoms with Gasteiger partial charge in [0.1, 0.15) is 0 Å². The SMILES string of the molecule is CCCCCCCCCCCCCCCCCCCCC(=O)NCCOCCCCCCCCCCCCCCCCCCC=CCC(=O)NCCOC(C)(C)C. The van der Waals surface area contributed by atoms with E-state index in [4.69, 9.17) is 9.47 Å². The number of hydrogen-bond acceptors (Lipinski definition) is 4. The summed E-state index contributed by atoms with van der Waals surface area (Å²) in [4.78, 5) is 24.0. The van der Waals surface area contributed by atoms with Crippen molar-refractivity contribution in [3.8, 4) is 0 Å². The smallest absolute Gasteiger partial charge is 0.223 e. The Morgan fingerprint density at radius 3 is 1.23 bits per heavy atom. The van der Waals surface area contributed by atoms with Crippen molar-refractivity contribution in [3.63, 3.8) is 0 Å². The van der Waals surface area contributed by atoms with E-state index in [1.165, 1.54) is 205 Å². The number of carbonyl (C=O) groups is 2. The molecule has 57 heavy (non-hydrogen) atoms. The Bertz CT molecular complexity index is 855. The van der Waals surface area contributed by atoms with E-state index >= 15 is 0 Å². The molecule has 0 bridgehead atoms. The largest absolute Gasteiger partial charge is 0.380 e. The number of ether oxygens (including phenoxy) is 2. The maximum Gasteiger partial charge on any atom is 0.223 e. The third kappa shape index (κ3) is 50.7. The summed E-state index contributed by atoms with van der Waals surface area (Å²) < 4.78 is 11.4. The van der Waals surface area contributed by atoms with Gasteiger partial charge in [0.15, 0.2) is 0 Å². The third-order valence-corrected chi connectivity index (χ3v) is 11.2. The molecule has 2 amide bonds. The second-order valence-corrected chi connectivity index (χ2v) is 18.2. The topological polar surface area (TPSA) is 76.7 Å². The van der Waals surface area contributed by atoms with E-state index in [-0.39, 0.29) is 17.4 Å². The number of nitrogens with one attached hydrogen (secondary N) is 2. The van der Waals surface area contributed by atoms with Gasteiger partial charge in [-0.15, -0.1) is 0 Å². The molecule has 0 fully saturated rings. The molecule has 0 aliphatic heterocycles. The monoisotopic (exact) mass is 805 g/mol. The van der Waals surface area contributed by atoms with Crippen molar-refractivity contribution in [2.24, 2.45) is 0 Å². The summed E-state index contributed by atoms with van der Waals surface area (Å²) in [7, 11) is 0. The maximum atomic E-state index is 12.1. The fraction of sp³-hybridized carbons (Fsp3) is 0.922. The molecule has 0 heterocycles. The normalized spacial score (nSPS) is 11.9. The van der Waals surface area contributed by atoms with E-state index in [2.05, 4.69) is 23.6 Å². The van der Waals surface area contributed by atoms with Crippen molar-refractivity contribution < 1.29 is 19.1 Å². The molecule has 338 valence electrons. The van der Waals surface area contributed by atoms with Crippen molar-refractivity contribution >= 4 is 11.8 Å². The Kier molecular flexibility index (Phi) is 44.6. The molecular weight excluding hydrogens is 705 g/mol. The van der Waals surface area contributed by atoms with Crippen molar-refractivity contribution in [1.82, 2.24) is 10.6 Å². The molecule has 2 N–H and O–H groups in total. The Morgan fingerprint density at radius 2 is 0.789 bits per heavy atom. The average molecular weight is 805 g/mol. The second-order valence-electron chi connectivity index (χ2n) is 18.2. The molecule has 6 heteroatoms. The minimum absolute atomic E-state index is 0.0764. The zero-order valence-electron chi connectivity index (χ0n) is 39.0. The summed E-state index contributed by atoms with van der Waals surface area (Å²) in [6.45, 7) is 11.6. The van der Waals surface area contributed by atoms with Gasteiger partial charge in [0.05, 0.1) is 18.8 Å². The summed E-state index contributed by atoms with van der Waals surface area (Å²) in [5.41, 5.74) is -0.154. The molecule has 0 unspecified atom stereocenters. The summed E-state index contributed by atoms with van der Waals surface area (Å²) in [5.74, 6) is 0.268. The van der Waals surface area contributed by atoms with Gasteiger partial charge in [-0.3, -0.25) is 9.59 Å². The molecule has 6 nitrogen and oxygen atoms in total. The molecule has 0 spiro atoms. The predicted octanol–water partition coefficient (Wildman–Crippen LogP) is 15.1. The van der Waals surface area contributed by atoms with E-state index in [1.54, 1.807) is 0 Å². The molecule has 0 aromatic carbocycles. The van der Waals surface area contributed by atoms with Crippen molar-refractivity contribution in [2.75, 3.05) is 32.9 Å². The summed E-state index contributed by atoms with van der Waals surface area (Å²) in [6.07, 6.45) is 52.6. The number of amides is 2. The number of allylic oxidation sites excluding steroid dienone is 1. The highest BCUT2D eigenvalue weighted by atomic mass is 16.5. The van der Waals surface area contributed by atoms with Gasteiger partial charge in [-0.05, 0) is 46.5 Å². The van der Waals surface area contributed by atoms with Crippen molar-refractivity contribution in [1.29, 1.82) is 0 Å². The van der Waals surface area contributed by atoms with Crippen LogP contribution in [0.25, 0.3) is 0 Å². The van der Waals surface area contributed by atoms with Crippen molar-refractivity contribution in [2.45, 2.75) is 271 Å². The van der Waals surface area contributed by atoms with Crippen LogP contribution < -0.4 is 10.6 Å². The second kappa shape index (κ2) is 45.7. The van der Waals surface area contributed by atoms with Crippen LogP contribution >= 0.6 is 0 Å². The maximum absolute atomic E-state index is 12.1. The Balaban J connectivity index is 3.21. The molecule has 0 saturated carbocycles. The fourth-order valence-electron chi connectivity index (χ4n) is 7.51. The van der Waals surface area contributed by atoms with E-state index < -0.39 is 0 Å². The van der Waals surface area contributed by atoms with Gasteiger partial charge in [-0.25, -0.2) is 0 Å². The Morgan fingerprint density at radius 1 is 0.421 bits per heavy atom. The van der Waals surface area contributed by atoms with E-state index in [9.17, 15) is 9.59 Å². The Hall–Kier alpha value is -1.40. The van der Waals surface area contributed by atoms with Gasteiger partial charge >= 0.3 is 0 Å². The highest BCUT2D eigenvalue weighted by molar-refractivity contribution is 5.77. The molecule has 0 aromatic rings. The zero-order chi connectivity index (χ0) is 41.6. The lowest BCUT2D eigenvalue weighted by atomic mass is 10.0. The van der Waals surface area contributed by atoms with Crippen LogP contribution in [0.2, 0.25) is 0 Å². The van der Waals surface area contributed by atoms with Crippen LogP contribution in [0.5, 0.6) is 0 Å². The van der Waals surface area contributed by atoms with Crippen LogP contribution in [0.3, 0.4) is 0 Å². The number of rotatable bonds is 46. The first-order valence-corrected chi connectivity index (χ1v) is 25.2. The van der Waals surface area contributed by atoms with Gasteiger partial charge in [-0.1, -0.05) is 218 Å². The molecule has 0 rings (SSSR count). The summed E-state index contributed by atoms with van der Waals surface area (Å²) in [5, 5.41) is 5.95. The molecule has 0 aliphatic rings. The Labute approximate surface area is 356 Å². The first-order valence-electron chi connectivity index (χ1n) is 25.2. The fourth-order valence-corrected chi connectivity index (χ4v) is 7.51. The van der Waals surface area contributed by atoms with Gasteiger partial charge in [0.25, 0.3) is 0 Å². The van der Waals surface area contributed by atoms with Crippen LogP contribution in [0.4, 0.5) is 0 Å². The quantitative estimate of drug-likeness (QED) is 0.0475. The predicted molar refractivity (Wildman–Crippen MR) is 248 cm³/mol. The van der Waals surface area contributed by atoms with Crippen molar-refractivity contribution in [3.05, 3.63) is 12.2 Å². The lowest BCUT2D eigenvalue weighted by Gasteiger charge is -2.19. The highest BCUT2D eigenvalue weighted by Gasteiger charge is 2.09. The molecule has 0 aliphatic carbocycles. The highest BCUT2D eigenvalue weighted by Crippen LogP contribution is 2.16. The van der Waals surface area contributed by atoms with E-state index in [0.717, 1.165) is 25.9 Å². The molecule has 0 saturated heterocycles. The number of hydrogen-bond donors (Lipinski definition) is 2. The van der Waals surface area contributed by atoms with Gasteiger partial charge in [0.2, 0.25) is 11.8 Å². The first kappa shape index (κ1) is 55.6. The van der Waals surface area contributed by atoms with Crippen LogP contribution in [0.15, 0.2) is 12.2 Å². The standard InChI is InChI=1S/C51H100N2O4/c1-5-6-7-8-9-10-11-12-13-14-18-21-24-27-30-33-36-39-42-49(54)52-44-47-56-46-41-38-35-32-29-26-23-20-17-15-16-19-22-25-28-31-34-37-40-43-50(55)53-45-48-57-51(2,3)4/h37,40H,5-36,38-39,41-48H2,1-4H3,(H,52,54)(H,53,55). The van der Waals surface area contributed by atoms with Crippen LogP contribution in [0.1, 0.15) is 265 Å². The minimum atomic E-state index is -0.154. The first-order chi connectivity index (χ1) is 27.8. The number of carbonyl (C=O) groups excluding carboxylic acids is 2. The van der Waals surface area contributed by atoms with Crippen LogP contribution in [-0.2, 0) is 19.1 Å².